The van der Waals surface area contributed by atoms with Gasteiger partial charge in [-0.25, -0.2) is 0 Å². The van der Waals surface area contributed by atoms with Crippen LogP contribution < -0.4 is 0 Å². The van der Waals surface area contributed by atoms with Crippen molar-refractivity contribution in [2.75, 3.05) is 0 Å². The lowest BCUT2D eigenvalue weighted by atomic mass is 9.98. The molecule has 0 saturated carbocycles. The molecule has 1 aromatic rings. The lowest BCUT2D eigenvalue weighted by molar-refractivity contribution is -0.0610. The highest BCUT2D eigenvalue weighted by Gasteiger charge is 2.40. The number of benzene rings is 1. The Labute approximate surface area is 143 Å². The molecule has 0 saturated heterocycles. The Balaban J connectivity index is 1.95. The molecule has 3 heteroatoms. The van der Waals surface area contributed by atoms with Gasteiger partial charge < -0.3 is 9.16 Å². The first-order valence-electron chi connectivity index (χ1n) is 8.61. The van der Waals surface area contributed by atoms with Gasteiger partial charge in [0, 0.05) is 6.42 Å². The van der Waals surface area contributed by atoms with Crippen LogP contribution in [0.5, 0.6) is 0 Å². The molecule has 2 atom stereocenters. The van der Waals surface area contributed by atoms with Gasteiger partial charge in [0.05, 0.1) is 17.8 Å². The zero-order valence-corrected chi connectivity index (χ0v) is 16.7. The van der Waals surface area contributed by atoms with Crippen molar-refractivity contribution in [3.8, 4) is 0 Å². The van der Waals surface area contributed by atoms with Gasteiger partial charge in [0.2, 0.25) is 0 Å². The molecule has 1 aromatic carbocycles. The molecule has 0 N–H and O–H groups in total. The molecule has 0 aromatic heterocycles. The molecule has 0 heterocycles. The van der Waals surface area contributed by atoms with Crippen molar-refractivity contribution in [2.24, 2.45) is 0 Å². The van der Waals surface area contributed by atoms with Gasteiger partial charge in [0.25, 0.3) is 0 Å². The first-order valence-corrected chi connectivity index (χ1v) is 11.5. The number of hydrogen-bond acceptors (Lipinski definition) is 2. The summed E-state index contributed by atoms with van der Waals surface area (Å²) in [5.41, 5.74) is 0.921. The maximum Gasteiger partial charge on any atom is 0.192 e. The van der Waals surface area contributed by atoms with E-state index in [1.54, 1.807) is 0 Å². The summed E-state index contributed by atoms with van der Waals surface area (Å²) in [5.74, 6) is 0. The minimum absolute atomic E-state index is 0.125. The summed E-state index contributed by atoms with van der Waals surface area (Å²) in [6.45, 7) is 15.7. The molecule has 0 amide bonds. The lowest BCUT2D eigenvalue weighted by Crippen LogP contribution is -2.43. The van der Waals surface area contributed by atoms with Crippen LogP contribution in [0.3, 0.4) is 0 Å². The van der Waals surface area contributed by atoms with Crippen LogP contribution in [0, 0.1) is 0 Å². The fourth-order valence-electron chi connectivity index (χ4n) is 2.65. The van der Waals surface area contributed by atoms with Crippen LogP contribution in [-0.4, -0.2) is 20.5 Å². The quantitative estimate of drug-likeness (QED) is 0.512. The van der Waals surface area contributed by atoms with Crippen LogP contribution in [0.2, 0.25) is 18.1 Å². The van der Waals surface area contributed by atoms with Gasteiger partial charge in [-0.1, -0.05) is 63.3 Å². The molecule has 0 fully saturated rings. The Bertz CT molecular complexity index is 541. The maximum atomic E-state index is 6.49. The van der Waals surface area contributed by atoms with Crippen molar-refractivity contribution in [1.29, 1.82) is 0 Å². The topological polar surface area (TPSA) is 18.5 Å². The van der Waals surface area contributed by atoms with Gasteiger partial charge in [-0.3, -0.25) is 0 Å². The molecule has 1 aliphatic rings. The number of ether oxygens (including phenoxy) is 1. The fourth-order valence-corrected chi connectivity index (χ4v) is 3.94. The van der Waals surface area contributed by atoms with E-state index >= 15 is 0 Å². The summed E-state index contributed by atoms with van der Waals surface area (Å²) in [5, 5.41) is 0.239. The van der Waals surface area contributed by atoms with Gasteiger partial charge in [-0.05, 0) is 37.5 Å². The highest BCUT2D eigenvalue weighted by Crippen LogP contribution is 2.39. The zero-order chi connectivity index (χ0) is 17.3. The predicted molar refractivity (Wildman–Crippen MR) is 100 cm³/mol. The Morgan fingerprint density at radius 2 is 1.48 bits per heavy atom. The van der Waals surface area contributed by atoms with E-state index in [1.807, 2.05) is 6.07 Å². The Hall–Kier alpha value is -0.903. The van der Waals surface area contributed by atoms with E-state index in [0.717, 1.165) is 6.42 Å². The van der Waals surface area contributed by atoms with Crippen molar-refractivity contribution in [1.82, 2.24) is 0 Å². The smallest absolute Gasteiger partial charge is 0.192 e. The van der Waals surface area contributed by atoms with Gasteiger partial charge in [0.1, 0.15) is 0 Å². The zero-order valence-electron chi connectivity index (χ0n) is 15.7. The molecule has 2 unspecified atom stereocenters. The van der Waals surface area contributed by atoms with E-state index in [0.29, 0.717) is 0 Å². The second kappa shape index (κ2) is 6.54. The van der Waals surface area contributed by atoms with Crippen LogP contribution in [0.1, 0.15) is 46.6 Å². The van der Waals surface area contributed by atoms with Crippen molar-refractivity contribution in [2.45, 2.75) is 77.0 Å². The molecule has 2 rings (SSSR count). The van der Waals surface area contributed by atoms with Crippen LogP contribution in [0.25, 0.3) is 0 Å². The van der Waals surface area contributed by atoms with Crippen molar-refractivity contribution in [3.63, 3.8) is 0 Å². The highest BCUT2D eigenvalue weighted by molar-refractivity contribution is 6.74. The molecular formula is C20H32O2Si. The standard InChI is InChI=1S/C20H32O2Si/c1-19(2,3)23(6,7)22-18-14-13-17(15-18)21-20(4,5)16-11-9-8-10-12-16/h8-14,17-18H,15H2,1-7H3. The molecule has 0 spiro atoms. The number of rotatable bonds is 5. The van der Waals surface area contributed by atoms with Crippen molar-refractivity contribution < 1.29 is 9.16 Å². The van der Waals surface area contributed by atoms with Crippen LogP contribution in [0.4, 0.5) is 0 Å². The van der Waals surface area contributed by atoms with E-state index in [9.17, 15) is 0 Å². The van der Waals surface area contributed by atoms with Gasteiger partial charge in [-0.15, -0.1) is 0 Å². The van der Waals surface area contributed by atoms with Crippen LogP contribution in [0.15, 0.2) is 42.5 Å². The first-order chi connectivity index (χ1) is 10.5. The van der Waals surface area contributed by atoms with Crippen LogP contribution >= 0.6 is 0 Å². The molecular weight excluding hydrogens is 300 g/mol. The molecule has 0 radical (unpaired) electrons. The van der Waals surface area contributed by atoms with Crippen molar-refractivity contribution in [3.05, 3.63) is 48.0 Å². The third kappa shape index (κ3) is 4.56. The summed E-state index contributed by atoms with van der Waals surface area (Å²) >= 11 is 0. The summed E-state index contributed by atoms with van der Waals surface area (Å²) in [7, 11) is -1.73. The van der Waals surface area contributed by atoms with Gasteiger partial charge in [0.15, 0.2) is 8.32 Å². The summed E-state index contributed by atoms with van der Waals surface area (Å²) in [4.78, 5) is 0. The normalized spacial score (nSPS) is 22.6. The molecule has 0 bridgehead atoms. The minimum Gasteiger partial charge on any atom is -0.410 e. The van der Waals surface area contributed by atoms with E-state index in [4.69, 9.17) is 9.16 Å². The minimum atomic E-state index is -1.73. The second-order valence-electron chi connectivity index (χ2n) is 8.57. The van der Waals surface area contributed by atoms with Gasteiger partial charge in [-0.2, -0.15) is 0 Å². The second-order valence-corrected chi connectivity index (χ2v) is 13.3. The SMILES string of the molecule is CC(C)(OC1C=CC(O[Si](C)(C)C(C)(C)C)C1)c1ccccc1. The first kappa shape index (κ1) is 18.4. The average molecular weight is 333 g/mol. The predicted octanol–water partition coefficient (Wildman–Crippen LogP) is 5.66. The monoisotopic (exact) mass is 332 g/mol. The van der Waals surface area contributed by atoms with E-state index in [2.05, 4.69) is 84.1 Å². The molecule has 23 heavy (non-hydrogen) atoms. The third-order valence-corrected chi connectivity index (χ3v) is 9.68. The molecule has 2 nitrogen and oxygen atoms in total. The molecule has 0 aliphatic heterocycles. The summed E-state index contributed by atoms with van der Waals surface area (Å²) in [6, 6.07) is 10.4. The highest BCUT2D eigenvalue weighted by atomic mass is 28.4. The average Bonchev–Trinajstić information content (AvgIpc) is 2.84. The van der Waals surface area contributed by atoms with E-state index < -0.39 is 8.32 Å². The maximum absolute atomic E-state index is 6.49. The fraction of sp³-hybridized carbons (Fsp3) is 0.600. The molecule has 1 aliphatic carbocycles. The number of hydrogen-bond donors (Lipinski definition) is 0. The Kier molecular flexibility index (Phi) is 5.24. The van der Waals surface area contributed by atoms with E-state index in [-0.39, 0.29) is 22.8 Å². The third-order valence-electron chi connectivity index (χ3n) is 5.17. The summed E-state index contributed by atoms with van der Waals surface area (Å²) < 4.78 is 12.8. The van der Waals surface area contributed by atoms with Gasteiger partial charge >= 0.3 is 0 Å². The summed E-state index contributed by atoms with van der Waals surface area (Å²) in [6.07, 6.45) is 5.59. The largest absolute Gasteiger partial charge is 0.410 e. The lowest BCUT2D eigenvalue weighted by Gasteiger charge is -2.38. The Morgan fingerprint density at radius 1 is 0.913 bits per heavy atom. The van der Waals surface area contributed by atoms with Crippen molar-refractivity contribution >= 4 is 8.32 Å². The Morgan fingerprint density at radius 3 is 2.04 bits per heavy atom. The van der Waals surface area contributed by atoms with Crippen LogP contribution in [-0.2, 0) is 14.8 Å². The molecule has 128 valence electrons. The van der Waals surface area contributed by atoms with E-state index in [1.165, 1.54) is 5.56 Å².